The van der Waals surface area contributed by atoms with E-state index in [4.69, 9.17) is 24.9 Å². The molecule has 0 amide bonds. The molecule has 0 saturated carbocycles. The lowest BCUT2D eigenvalue weighted by atomic mass is 10.1. The van der Waals surface area contributed by atoms with E-state index in [2.05, 4.69) is 20.3 Å². The lowest BCUT2D eigenvalue weighted by Crippen LogP contribution is -2.39. The third kappa shape index (κ3) is 4.75. The second-order valence-electron chi connectivity index (χ2n) is 8.32. The molecule has 3 N–H and O–H groups in total. The Morgan fingerprint density at radius 2 is 1.86 bits per heavy atom. The van der Waals surface area contributed by atoms with Crippen molar-refractivity contribution >= 4 is 22.8 Å². The van der Waals surface area contributed by atoms with Gasteiger partial charge in [-0.05, 0) is 36.4 Å². The number of halogens is 1. The van der Waals surface area contributed by atoms with Gasteiger partial charge in [0.05, 0.1) is 44.2 Å². The molecule has 2 aromatic heterocycles. The Balaban J connectivity index is 1.57. The largest absolute Gasteiger partial charge is 0.493 e. The highest BCUT2D eigenvalue weighted by Crippen LogP contribution is 2.37. The van der Waals surface area contributed by atoms with Crippen LogP contribution in [0, 0.1) is 5.82 Å². The molecule has 4 aromatic rings. The Bertz CT molecular complexity index is 1370. The number of hydrogen-bond donors (Lipinski definition) is 2. The summed E-state index contributed by atoms with van der Waals surface area (Å²) in [5.41, 5.74) is 8.75. The number of aromatic nitrogens is 4. The van der Waals surface area contributed by atoms with Gasteiger partial charge in [0.1, 0.15) is 11.6 Å². The highest BCUT2D eigenvalue weighted by molar-refractivity contribution is 5.99. The summed E-state index contributed by atoms with van der Waals surface area (Å²) >= 11 is 0. The van der Waals surface area contributed by atoms with Crippen molar-refractivity contribution in [3.63, 3.8) is 0 Å². The number of methoxy groups -OCH3 is 2. The summed E-state index contributed by atoms with van der Waals surface area (Å²) in [5, 5.41) is 8.47. The van der Waals surface area contributed by atoms with Crippen LogP contribution < -0.4 is 20.5 Å². The molecule has 0 bridgehead atoms. The van der Waals surface area contributed by atoms with Gasteiger partial charge in [0.2, 0.25) is 5.95 Å². The Kier molecular flexibility index (Phi) is 6.83. The average molecular weight is 494 g/mol. The van der Waals surface area contributed by atoms with Crippen molar-refractivity contribution in [3.8, 4) is 28.4 Å². The van der Waals surface area contributed by atoms with Gasteiger partial charge in [0.25, 0.3) is 0 Å². The molecule has 0 aliphatic carbocycles. The van der Waals surface area contributed by atoms with Crippen molar-refractivity contribution in [3.05, 3.63) is 48.3 Å². The summed E-state index contributed by atoms with van der Waals surface area (Å²) in [6, 6.07) is 11.6. The monoisotopic (exact) mass is 493 g/mol. The summed E-state index contributed by atoms with van der Waals surface area (Å²) in [6.07, 6.45) is 0. The van der Waals surface area contributed by atoms with Crippen molar-refractivity contribution in [2.45, 2.75) is 0 Å². The lowest BCUT2D eigenvalue weighted by molar-refractivity contribution is 0.0398. The van der Waals surface area contributed by atoms with Crippen LogP contribution in [0.4, 0.5) is 16.2 Å². The number of nitrogen functional groups attached to an aromatic ring is 1. The number of nitrogens with one attached hydrogen (secondary N) is 1. The number of nitrogens with zero attached hydrogens (tertiary/aromatic N) is 5. The van der Waals surface area contributed by atoms with Crippen molar-refractivity contribution in [1.82, 2.24) is 24.6 Å². The molecular weight excluding hydrogens is 465 g/mol. The van der Waals surface area contributed by atoms with Crippen LogP contribution in [-0.2, 0) is 4.74 Å². The van der Waals surface area contributed by atoms with E-state index in [1.165, 1.54) is 16.8 Å². The number of nitrogens with two attached hydrogens (primary N) is 1. The van der Waals surface area contributed by atoms with E-state index < -0.39 is 0 Å². The zero-order valence-corrected chi connectivity index (χ0v) is 20.2. The Labute approximate surface area is 207 Å². The number of benzene rings is 2. The number of hydrogen-bond acceptors (Lipinski definition) is 9. The van der Waals surface area contributed by atoms with Crippen LogP contribution in [0.5, 0.6) is 11.5 Å². The highest BCUT2D eigenvalue weighted by Gasteiger charge is 2.21. The van der Waals surface area contributed by atoms with E-state index in [1.54, 1.807) is 32.4 Å². The predicted octanol–water partition coefficient (Wildman–Crippen LogP) is 2.97. The molecule has 5 rings (SSSR count). The Morgan fingerprint density at radius 1 is 1.06 bits per heavy atom. The summed E-state index contributed by atoms with van der Waals surface area (Å²) in [7, 11) is 3.16. The second kappa shape index (κ2) is 10.3. The fourth-order valence-electron chi connectivity index (χ4n) is 4.24. The van der Waals surface area contributed by atoms with Crippen molar-refractivity contribution < 1.29 is 18.6 Å². The fraction of sp³-hybridized carbons (Fsp3) is 0.320. The van der Waals surface area contributed by atoms with E-state index >= 15 is 0 Å². The van der Waals surface area contributed by atoms with Gasteiger partial charge in [-0.2, -0.15) is 4.98 Å². The minimum atomic E-state index is -0.386. The molecule has 188 valence electrons. The maximum atomic E-state index is 13.9. The zero-order valence-electron chi connectivity index (χ0n) is 20.2. The summed E-state index contributed by atoms with van der Waals surface area (Å²) in [6.45, 7) is 4.75. The molecule has 0 unspecified atom stereocenters. The summed E-state index contributed by atoms with van der Waals surface area (Å²) < 4.78 is 31.7. The third-order valence-electron chi connectivity index (χ3n) is 6.09. The van der Waals surface area contributed by atoms with Crippen LogP contribution in [0.25, 0.3) is 28.0 Å². The molecule has 3 heterocycles. The molecule has 0 atom stereocenters. The molecule has 1 saturated heterocycles. The first kappa shape index (κ1) is 23.8. The molecule has 10 nitrogen and oxygen atoms in total. The second-order valence-corrected chi connectivity index (χ2v) is 8.32. The smallest absolute Gasteiger partial charge is 0.225 e. The zero-order chi connectivity index (χ0) is 25.1. The van der Waals surface area contributed by atoms with Crippen molar-refractivity contribution in [2.75, 3.05) is 64.7 Å². The minimum absolute atomic E-state index is 0.306. The summed E-state index contributed by atoms with van der Waals surface area (Å²) in [5.74, 6) is 1.49. The average Bonchev–Trinajstić information content (AvgIpc) is 3.24. The van der Waals surface area contributed by atoms with Crippen LogP contribution >= 0.6 is 0 Å². The van der Waals surface area contributed by atoms with Gasteiger partial charge >= 0.3 is 0 Å². The molecule has 1 fully saturated rings. The lowest BCUT2D eigenvalue weighted by Gasteiger charge is -2.26. The highest BCUT2D eigenvalue weighted by atomic mass is 19.1. The van der Waals surface area contributed by atoms with Crippen molar-refractivity contribution in [2.24, 2.45) is 0 Å². The standard InChI is InChI=1S/C25H28FN7O3/c1-34-19-7-6-16(14-20(19)35-2)22-21-23(27)33(18-5-3-4-17(26)15-18)31-24(21)30-25(29-22)28-8-9-32-10-12-36-13-11-32/h3-7,14-15H,8-13,27H2,1-2H3,(H,28,30,31). The van der Waals surface area contributed by atoms with Crippen LogP contribution in [0.15, 0.2) is 42.5 Å². The van der Waals surface area contributed by atoms with Crippen LogP contribution in [0.2, 0.25) is 0 Å². The van der Waals surface area contributed by atoms with Crippen molar-refractivity contribution in [1.29, 1.82) is 0 Å². The first-order chi connectivity index (χ1) is 17.6. The molecule has 36 heavy (non-hydrogen) atoms. The minimum Gasteiger partial charge on any atom is -0.493 e. The van der Waals surface area contributed by atoms with Crippen LogP contribution in [0.1, 0.15) is 0 Å². The van der Waals surface area contributed by atoms with Gasteiger partial charge in [0.15, 0.2) is 17.1 Å². The summed E-state index contributed by atoms with van der Waals surface area (Å²) in [4.78, 5) is 11.7. The SMILES string of the molecule is COc1ccc(-c2nc(NCCN3CCOCC3)nc3nn(-c4cccc(F)c4)c(N)c23)cc1OC. The van der Waals surface area contributed by atoms with Gasteiger partial charge in [-0.15, -0.1) is 5.10 Å². The van der Waals surface area contributed by atoms with Gasteiger partial charge in [-0.25, -0.2) is 14.1 Å². The first-order valence-electron chi connectivity index (χ1n) is 11.7. The predicted molar refractivity (Wildman–Crippen MR) is 135 cm³/mol. The maximum absolute atomic E-state index is 13.9. The van der Waals surface area contributed by atoms with Gasteiger partial charge in [-0.1, -0.05) is 6.07 Å². The molecule has 1 aliphatic heterocycles. The molecule has 0 radical (unpaired) electrons. The van der Waals surface area contributed by atoms with E-state index in [1.807, 2.05) is 12.1 Å². The number of rotatable bonds is 8. The fourth-order valence-corrected chi connectivity index (χ4v) is 4.24. The molecular formula is C25H28FN7O3. The van der Waals surface area contributed by atoms with Crippen LogP contribution in [0.3, 0.4) is 0 Å². The maximum Gasteiger partial charge on any atom is 0.225 e. The number of ether oxygens (including phenoxy) is 3. The van der Waals surface area contributed by atoms with Gasteiger partial charge < -0.3 is 25.3 Å². The van der Waals surface area contributed by atoms with Gasteiger partial charge in [-0.3, -0.25) is 4.90 Å². The molecule has 2 aromatic carbocycles. The van der Waals surface area contributed by atoms with E-state index in [0.717, 1.165) is 38.4 Å². The van der Waals surface area contributed by atoms with E-state index in [9.17, 15) is 4.39 Å². The molecule has 1 aliphatic rings. The third-order valence-corrected chi connectivity index (χ3v) is 6.09. The van der Waals surface area contributed by atoms with Gasteiger partial charge in [0, 0.05) is 31.7 Å². The first-order valence-corrected chi connectivity index (χ1v) is 11.7. The van der Waals surface area contributed by atoms with E-state index in [0.29, 0.717) is 52.2 Å². The number of morpholine rings is 1. The van der Waals surface area contributed by atoms with Crippen LogP contribution in [-0.4, -0.2) is 78.3 Å². The number of fused-ring (bicyclic) bond motifs is 1. The normalized spacial score (nSPS) is 14.2. The Morgan fingerprint density at radius 3 is 2.61 bits per heavy atom. The number of anilines is 2. The Hall–Kier alpha value is -3.96. The topological polar surface area (TPSA) is 113 Å². The molecule has 11 heteroatoms. The molecule has 0 spiro atoms. The quantitative estimate of drug-likeness (QED) is 0.382. The van der Waals surface area contributed by atoms with E-state index in [-0.39, 0.29) is 5.82 Å².